The predicted molar refractivity (Wildman–Crippen MR) is 142 cm³/mol. The number of ether oxygens (including phenoxy) is 1. The van der Waals surface area contributed by atoms with Crippen LogP contribution in [0.1, 0.15) is 54.9 Å². The first-order valence-electron chi connectivity index (χ1n) is 11.7. The Kier molecular flexibility index (Phi) is 10.2. The van der Waals surface area contributed by atoms with Gasteiger partial charge in [0.1, 0.15) is 5.75 Å². The van der Waals surface area contributed by atoms with Crippen LogP contribution in [0.5, 0.6) is 5.75 Å². The maximum Gasteiger partial charge on any atom is 0.255 e. The van der Waals surface area contributed by atoms with Gasteiger partial charge >= 0.3 is 0 Å². The quantitative estimate of drug-likeness (QED) is 0.246. The number of carbonyl (C=O) groups excluding carboxylic acids is 2. The van der Waals surface area contributed by atoms with Gasteiger partial charge in [0.15, 0.2) is 0 Å². The summed E-state index contributed by atoms with van der Waals surface area (Å²) < 4.78 is 6.56. The van der Waals surface area contributed by atoms with E-state index in [0.29, 0.717) is 36.4 Å². The molecule has 0 saturated heterocycles. The smallest absolute Gasteiger partial charge is 0.255 e. The molecule has 2 N–H and O–H groups in total. The maximum atomic E-state index is 12.7. The molecule has 0 bridgehead atoms. The van der Waals surface area contributed by atoms with Crippen LogP contribution in [0.2, 0.25) is 0 Å². The molecule has 0 aliphatic carbocycles. The van der Waals surface area contributed by atoms with Gasteiger partial charge in [-0.05, 0) is 70.7 Å². The number of hydrogen-bond donors (Lipinski definition) is 2. The van der Waals surface area contributed by atoms with Gasteiger partial charge in [-0.25, -0.2) is 0 Å². The molecule has 6 heteroatoms. The summed E-state index contributed by atoms with van der Waals surface area (Å²) in [5.41, 5.74) is 2.89. The lowest BCUT2D eigenvalue weighted by molar-refractivity contribution is -0.116. The van der Waals surface area contributed by atoms with Gasteiger partial charge in [-0.1, -0.05) is 62.6 Å². The molecule has 0 unspecified atom stereocenters. The minimum atomic E-state index is -0.234. The van der Waals surface area contributed by atoms with Crippen molar-refractivity contribution in [2.24, 2.45) is 0 Å². The molecule has 0 radical (unpaired) electrons. The van der Waals surface area contributed by atoms with Crippen LogP contribution in [-0.2, 0) is 11.2 Å². The van der Waals surface area contributed by atoms with Crippen LogP contribution in [0.3, 0.4) is 0 Å². The van der Waals surface area contributed by atoms with Gasteiger partial charge in [0.2, 0.25) is 5.91 Å². The van der Waals surface area contributed by atoms with E-state index in [9.17, 15) is 9.59 Å². The third-order valence-electron chi connectivity index (χ3n) is 5.34. The highest BCUT2D eigenvalue weighted by Crippen LogP contribution is 2.27. The van der Waals surface area contributed by atoms with Gasteiger partial charge in [0.05, 0.1) is 11.1 Å². The van der Waals surface area contributed by atoms with E-state index in [1.807, 2.05) is 36.4 Å². The fourth-order valence-electron chi connectivity index (χ4n) is 3.47. The Morgan fingerprint density at radius 3 is 2.35 bits per heavy atom. The molecule has 0 atom stereocenters. The fraction of sp³-hybridized carbons (Fsp3) is 0.286. The minimum Gasteiger partial charge on any atom is -0.492 e. The van der Waals surface area contributed by atoms with Crippen LogP contribution < -0.4 is 15.4 Å². The Bertz CT molecular complexity index is 1090. The summed E-state index contributed by atoms with van der Waals surface area (Å²) in [6, 6.07) is 22.4. The van der Waals surface area contributed by atoms with E-state index in [4.69, 9.17) is 4.74 Å². The molecule has 0 aliphatic heterocycles. The summed E-state index contributed by atoms with van der Waals surface area (Å²) in [5.74, 6) is 0.428. The van der Waals surface area contributed by atoms with Crippen molar-refractivity contribution in [3.8, 4) is 5.75 Å². The number of anilines is 2. The average Bonchev–Trinajstić information content (AvgIpc) is 2.84. The van der Waals surface area contributed by atoms with Crippen molar-refractivity contribution >= 4 is 39.1 Å². The number of halogens is 1. The lowest BCUT2D eigenvalue weighted by Gasteiger charge is -2.11. The van der Waals surface area contributed by atoms with E-state index < -0.39 is 0 Å². The van der Waals surface area contributed by atoms with E-state index in [-0.39, 0.29) is 11.8 Å². The summed E-state index contributed by atoms with van der Waals surface area (Å²) in [7, 11) is 0. The van der Waals surface area contributed by atoms with Crippen LogP contribution in [0.25, 0.3) is 0 Å². The Morgan fingerprint density at radius 1 is 0.853 bits per heavy atom. The molecule has 178 valence electrons. The molecule has 34 heavy (non-hydrogen) atoms. The molecule has 0 aliphatic rings. The largest absolute Gasteiger partial charge is 0.492 e. The normalized spacial score (nSPS) is 10.5. The molecule has 0 saturated carbocycles. The highest BCUT2D eigenvalue weighted by molar-refractivity contribution is 9.10. The molecular weight excluding hydrogens is 492 g/mol. The minimum absolute atomic E-state index is 0.0680. The van der Waals surface area contributed by atoms with Gasteiger partial charge in [-0.2, -0.15) is 0 Å². The summed E-state index contributed by atoms with van der Waals surface area (Å²) >= 11 is 3.50. The van der Waals surface area contributed by atoms with Gasteiger partial charge in [0.25, 0.3) is 5.91 Å². The average molecular weight is 523 g/mol. The molecule has 3 aromatic carbocycles. The van der Waals surface area contributed by atoms with E-state index in [0.717, 1.165) is 28.6 Å². The van der Waals surface area contributed by atoms with E-state index in [2.05, 4.69) is 33.5 Å². The molecule has 3 aromatic rings. The van der Waals surface area contributed by atoms with E-state index in [1.165, 1.54) is 12.8 Å². The molecule has 0 heterocycles. The monoisotopic (exact) mass is 522 g/mol. The van der Waals surface area contributed by atoms with Crippen molar-refractivity contribution in [2.75, 3.05) is 17.2 Å². The van der Waals surface area contributed by atoms with Gasteiger partial charge in [0, 0.05) is 23.4 Å². The second-order valence-corrected chi connectivity index (χ2v) is 8.98. The zero-order valence-electron chi connectivity index (χ0n) is 19.5. The Morgan fingerprint density at radius 2 is 1.62 bits per heavy atom. The number of hydrogen-bond acceptors (Lipinski definition) is 3. The molecule has 0 fully saturated rings. The standard InChI is InChI=1S/C28H31BrN2O3/c1-2-3-4-8-18-34-26-16-15-22(19-25(26)29)28(33)31-24-13-9-12-23(20-24)30-27(32)17-14-21-10-6-5-7-11-21/h5-7,9-13,15-16,19-20H,2-4,8,14,17-18H2,1H3,(H,30,32)(H,31,33). The summed E-state index contributed by atoms with van der Waals surface area (Å²) in [5, 5.41) is 5.79. The number of unbranched alkanes of at least 4 members (excludes halogenated alkanes) is 3. The zero-order valence-corrected chi connectivity index (χ0v) is 21.1. The van der Waals surface area contributed by atoms with Gasteiger partial charge in [-0.15, -0.1) is 0 Å². The van der Waals surface area contributed by atoms with E-state index in [1.54, 1.807) is 36.4 Å². The second-order valence-electron chi connectivity index (χ2n) is 8.12. The number of carbonyl (C=O) groups is 2. The molecular formula is C28H31BrN2O3. The van der Waals surface area contributed by atoms with Gasteiger partial charge in [-0.3, -0.25) is 9.59 Å². The van der Waals surface area contributed by atoms with Gasteiger partial charge < -0.3 is 15.4 Å². The van der Waals surface area contributed by atoms with Crippen LogP contribution >= 0.6 is 15.9 Å². The van der Waals surface area contributed by atoms with Crippen molar-refractivity contribution in [1.82, 2.24) is 0 Å². The highest BCUT2D eigenvalue weighted by atomic mass is 79.9. The number of benzene rings is 3. The van der Waals surface area contributed by atoms with Crippen molar-refractivity contribution in [3.63, 3.8) is 0 Å². The van der Waals surface area contributed by atoms with E-state index >= 15 is 0 Å². The lowest BCUT2D eigenvalue weighted by atomic mass is 10.1. The number of amides is 2. The first-order chi connectivity index (χ1) is 16.5. The number of rotatable bonds is 12. The van der Waals surface area contributed by atoms with Crippen LogP contribution in [0, 0.1) is 0 Å². The van der Waals surface area contributed by atoms with Crippen molar-refractivity contribution < 1.29 is 14.3 Å². The summed E-state index contributed by atoms with van der Waals surface area (Å²) in [6.45, 7) is 2.84. The molecule has 0 aromatic heterocycles. The van der Waals surface area contributed by atoms with Crippen LogP contribution in [0.4, 0.5) is 11.4 Å². The second kappa shape index (κ2) is 13.6. The lowest BCUT2D eigenvalue weighted by Crippen LogP contribution is -2.14. The van der Waals surface area contributed by atoms with Crippen molar-refractivity contribution in [3.05, 3.63) is 88.4 Å². The summed E-state index contributed by atoms with van der Waals surface area (Å²) in [6.07, 6.45) is 5.64. The Labute approximate surface area is 210 Å². The highest BCUT2D eigenvalue weighted by Gasteiger charge is 2.11. The van der Waals surface area contributed by atoms with Crippen LogP contribution in [0.15, 0.2) is 77.3 Å². The Hall–Kier alpha value is -3.12. The third-order valence-corrected chi connectivity index (χ3v) is 5.96. The first kappa shape index (κ1) is 25.5. The Balaban J connectivity index is 1.52. The molecule has 0 spiro atoms. The topological polar surface area (TPSA) is 67.4 Å². The molecule has 3 rings (SSSR count). The number of aryl methyl sites for hydroxylation is 1. The molecule has 2 amide bonds. The van der Waals surface area contributed by atoms with Crippen molar-refractivity contribution in [1.29, 1.82) is 0 Å². The molecule has 5 nitrogen and oxygen atoms in total. The third kappa shape index (κ3) is 8.34. The summed E-state index contributed by atoms with van der Waals surface area (Å²) in [4.78, 5) is 25.1. The fourth-order valence-corrected chi connectivity index (χ4v) is 3.97. The predicted octanol–water partition coefficient (Wildman–Crippen LogP) is 7.23. The zero-order chi connectivity index (χ0) is 24.2. The maximum absolute atomic E-state index is 12.7. The van der Waals surface area contributed by atoms with Crippen LogP contribution in [-0.4, -0.2) is 18.4 Å². The van der Waals surface area contributed by atoms with Crippen molar-refractivity contribution in [2.45, 2.75) is 45.4 Å². The first-order valence-corrected chi connectivity index (χ1v) is 12.5. The number of nitrogens with one attached hydrogen (secondary N) is 2. The SMILES string of the molecule is CCCCCCOc1ccc(C(=O)Nc2cccc(NC(=O)CCc3ccccc3)c2)cc1Br.